The van der Waals surface area contributed by atoms with Crippen LogP contribution in [-0.2, 0) is 19.3 Å². The second-order valence-corrected chi connectivity index (χ2v) is 5.48. The van der Waals surface area contributed by atoms with E-state index in [1.165, 1.54) is 42.8 Å². The molecular formula is C11H16N2S. The molecule has 0 aromatic carbocycles. The van der Waals surface area contributed by atoms with Crippen molar-refractivity contribution in [1.29, 1.82) is 0 Å². The predicted molar refractivity (Wildman–Crippen MR) is 58.9 cm³/mol. The average molecular weight is 208 g/mol. The van der Waals surface area contributed by atoms with Crippen LogP contribution in [0.3, 0.4) is 0 Å². The van der Waals surface area contributed by atoms with E-state index in [1.807, 2.05) is 11.3 Å². The smallest absolute Gasteiger partial charge is 0.0943 e. The van der Waals surface area contributed by atoms with Crippen molar-refractivity contribution in [1.82, 2.24) is 10.3 Å². The molecule has 0 spiro atoms. The summed E-state index contributed by atoms with van der Waals surface area (Å²) in [5.41, 5.74) is 1.40. The fourth-order valence-electron chi connectivity index (χ4n) is 2.02. The Morgan fingerprint density at radius 3 is 3.07 bits per heavy atom. The monoisotopic (exact) mass is 208 g/mol. The van der Waals surface area contributed by atoms with Crippen LogP contribution in [0.25, 0.3) is 0 Å². The topological polar surface area (TPSA) is 24.9 Å². The summed E-state index contributed by atoms with van der Waals surface area (Å²) >= 11 is 1.94. The number of thiazole rings is 1. The van der Waals surface area contributed by atoms with Gasteiger partial charge in [0.1, 0.15) is 0 Å². The highest BCUT2D eigenvalue weighted by Crippen LogP contribution is 2.27. The van der Waals surface area contributed by atoms with E-state index in [4.69, 9.17) is 0 Å². The molecule has 14 heavy (non-hydrogen) atoms. The molecule has 1 heterocycles. The Kier molecular flexibility index (Phi) is 2.30. The molecule has 1 aromatic rings. The van der Waals surface area contributed by atoms with Gasteiger partial charge < -0.3 is 5.32 Å². The van der Waals surface area contributed by atoms with Crippen LogP contribution in [0.2, 0.25) is 0 Å². The number of nitrogens with zero attached hydrogens (tertiary/aromatic N) is 1. The second kappa shape index (κ2) is 3.63. The summed E-state index contributed by atoms with van der Waals surface area (Å²) in [6.07, 6.45) is 7.73. The number of nitrogens with one attached hydrogen (secondary N) is 1. The molecule has 1 fully saturated rings. The van der Waals surface area contributed by atoms with E-state index in [0.29, 0.717) is 0 Å². The molecule has 0 unspecified atom stereocenters. The first-order valence-electron chi connectivity index (χ1n) is 5.62. The summed E-state index contributed by atoms with van der Waals surface area (Å²) in [6.45, 7) is 1.12. The minimum atomic E-state index is 0.835. The number of rotatable bonds is 4. The molecule has 0 radical (unpaired) electrons. The van der Waals surface area contributed by atoms with Gasteiger partial charge in [-0.2, -0.15) is 0 Å². The molecule has 2 aliphatic carbocycles. The van der Waals surface area contributed by atoms with Crippen LogP contribution in [0.1, 0.15) is 34.8 Å². The Bertz CT molecular complexity index is 307. The van der Waals surface area contributed by atoms with E-state index in [2.05, 4.69) is 10.3 Å². The predicted octanol–water partition coefficient (Wildman–Crippen LogP) is 1.93. The van der Waals surface area contributed by atoms with Crippen LogP contribution in [0, 0.1) is 0 Å². The Hall–Kier alpha value is -0.410. The maximum absolute atomic E-state index is 4.69. The molecular weight excluding hydrogens is 192 g/mol. The van der Waals surface area contributed by atoms with Gasteiger partial charge >= 0.3 is 0 Å². The largest absolute Gasteiger partial charge is 0.314 e. The summed E-state index contributed by atoms with van der Waals surface area (Å²) in [5, 5.41) is 4.89. The Morgan fingerprint density at radius 1 is 1.36 bits per heavy atom. The van der Waals surface area contributed by atoms with Gasteiger partial charge in [0.2, 0.25) is 0 Å². The van der Waals surface area contributed by atoms with Crippen LogP contribution < -0.4 is 5.32 Å². The maximum Gasteiger partial charge on any atom is 0.0943 e. The third kappa shape index (κ3) is 1.84. The number of hydrogen-bond donors (Lipinski definition) is 1. The van der Waals surface area contributed by atoms with Crippen LogP contribution in [0.15, 0.2) is 0 Å². The molecule has 0 bridgehead atoms. The summed E-state index contributed by atoms with van der Waals surface area (Å²) in [6, 6.07) is 0.835. The van der Waals surface area contributed by atoms with Crippen molar-refractivity contribution in [2.75, 3.05) is 6.54 Å². The Balaban J connectivity index is 1.55. The first-order chi connectivity index (χ1) is 6.92. The second-order valence-electron chi connectivity index (χ2n) is 4.31. The van der Waals surface area contributed by atoms with Crippen molar-refractivity contribution in [2.45, 2.75) is 44.6 Å². The lowest BCUT2D eigenvalue weighted by Gasteiger charge is -1.98. The summed E-state index contributed by atoms with van der Waals surface area (Å²) in [4.78, 5) is 6.25. The van der Waals surface area contributed by atoms with Gasteiger partial charge in [0.25, 0.3) is 0 Å². The zero-order valence-electron chi connectivity index (χ0n) is 8.38. The van der Waals surface area contributed by atoms with Crippen molar-refractivity contribution in [3.05, 3.63) is 15.6 Å². The Morgan fingerprint density at radius 2 is 2.29 bits per heavy atom. The zero-order chi connectivity index (χ0) is 9.38. The molecule has 0 atom stereocenters. The number of hydrogen-bond acceptors (Lipinski definition) is 3. The normalized spacial score (nSPS) is 20.0. The lowest BCUT2D eigenvalue weighted by molar-refractivity contribution is 0.679. The highest BCUT2D eigenvalue weighted by Gasteiger charge is 2.20. The molecule has 3 heteroatoms. The van der Waals surface area contributed by atoms with E-state index in [9.17, 15) is 0 Å². The van der Waals surface area contributed by atoms with Gasteiger partial charge in [-0.05, 0) is 32.1 Å². The molecule has 0 amide bonds. The van der Waals surface area contributed by atoms with Crippen LogP contribution >= 0.6 is 11.3 Å². The van der Waals surface area contributed by atoms with Gasteiger partial charge in [0.15, 0.2) is 0 Å². The van der Waals surface area contributed by atoms with E-state index >= 15 is 0 Å². The highest BCUT2D eigenvalue weighted by molar-refractivity contribution is 7.11. The maximum atomic E-state index is 4.69. The van der Waals surface area contributed by atoms with Crippen molar-refractivity contribution < 1.29 is 0 Å². The van der Waals surface area contributed by atoms with Gasteiger partial charge in [-0.25, -0.2) is 4.98 Å². The molecule has 0 aliphatic heterocycles. The minimum absolute atomic E-state index is 0.835. The van der Waals surface area contributed by atoms with Crippen molar-refractivity contribution in [2.24, 2.45) is 0 Å². The average Bonchev–Trinajstić information content (AvgIpc) is 2.73. The molecule has 1 aromatic heterocycles. The summed E-state index contributed by atoms with van der Waals surface area (Å²) < 4.78 is 0. The van der Waals surface area contributed by atoms with Gasteiger partial charge in [0, 0.05) is 23.9 Å². The van der Waals surface area contributed by atoms with Gasteiger partial charge in [-0.15, -0.1) is 11.3 Å². The lowest BCUT2D eigenvalue weighted by Crippen LogP contribution is -2.19. The van der Waals surface area contributed by atoms with Crippen molar-refractivity contribution >= 4 is 11.3 Å². The number of aromatic nitrogens is 1. The first-order valence-corrected chi connectivity index (χ1v) is 6.44. The molecule has 1 N–H and O–H groups in total. The first kappa shape index (κ1) is 8.86. The van der Waals surface area contributed by atoms with Crippen molar-refractivity contribution in [3.8, 4) is 0 Å². The zero-order valence-corrected chi connectivity index (χ0v) is 9.20. The molecule has 3 rings (SSSR count). The summed E-state index contributed by atoms with van der Waals surface area (Å²) in [7, 11) is 0. The van der Waals surface area contributed by atoms with Gasteiger partial charge in [-0.3, -0.25) is 0 Å². The fourth-order valence-corrected chi connectivity index (χ4v) is 3.18. The quantitative estimate of drug-likeness (QED) is 0.818. The molecule has 0 saturated heterocycles. The molecule has 1 saturated carbocycles. The SMILES string of the molecule is C1Cc2nc(CCNC3CC3)sc2C1. The van der Waals surface area contributed by atoms with Gasteiger partial charge in [0.05, 0.1) is 10.7 Å². The van der Waals surface area contributed by atoms with E-state index < -0.39 is 0 Å². The molecule has 2 aliphatic rings. The Labute approximate surface area is 88.7 Å². The number of aryl methyl sites for hydroxylation is 2. The molecule has 2 nitrogen and oxygen atoms in total. The standard InChI is InChI=1S/C11H16N2S/c1-2-9-10(3-1)14-11(13-9)6-7-12-8-4-5-8/h8,12H,1-7H2. The number of fused-ring (bicyclic) bond motifs is 1. The van der Waals surface area contributed by atoms with Gasteiger partial charge in [-0.1, -0.05) is 0 Å². The fraction of sp³-hybridized carbons (Fsp3) is 0.727. The highest BCUT2D eigenvalue weighted by atomic mass is 32.1. The lowest BCUT2D eigenvalue weighted by atomic mass is 10.3. The third-order valence-electron chi connectivity index (χ3n) is 2.99. The van der Waals surface area contributed by atoms with E-state index in [0.717, 1.165) is 19.0 Å². The minimum Gasteiger partial charge on any atom is -0.314 e. The molecule has 76 valence electrons. The van der Waals surface area contributed by atoms with Crippen LogP contribution in [0.5, 0.6) is 0 Å². The van der Waals surface area contributed by atoms with Crippen molar-refractivity contribution in [3.63, 3.8) is 0 Å². The van der Waals surface area contributed by atoms with Crippen LogP contribution in [-0.4, -0.2) is 17.6 Å². The third-order valence-corrected chi connectivity index (χ3v) is 4.21. The van der Waals surface area contributed by atoms with E-state index in [1.54, 1.807) is 4.88 Å². The summed E-state index contributed by atoms with van der Waals surface area (Å²) in [5.74, 6) is 0. The van der Waals surface area contributed by atoms with Crippen LogP contribution in [0.4, 0.5) is 0 Å². The van der Waals surface area contributed by atoms with E-state index in [-0.39, 0.29) is 0 Å².